The van der Waals surface area contributed by atoms with Crippen LogP contribution in [0, 0.1) is 0 Å². The Bertz CT molecular complexity index is 1940. The Hall–Kier alpha value is -4.43. The van der Waals surface area contributed by atoms with Gasteiger partial charge in [0.05, 0.1) is 21.8 Å². The van der Waals surface area contributed by atoms with E-state index >= 15 is 0 Å². The van der Waals surface area contributed by atoms with Gasteiger partial charge >= 0.3 is 0 Å². The first-order valence-corrected chi connectivity index (χ1v) is 15.9. The molecule has 0 aliphatic carbocycles. The van der Waals surface area contributed by atoms with Crippen LogP contribution in [-0.2, 0) is 15.6 Å². The smallest absolute Gasteiger partial charge is 0.271 e. The molecule has 0 saturated heterocycles. The molecule has 1 aliphatic rings. The molecule has 2 heterocycles. The largest absolute Gasteiger partial charge is 0.507 e. The van der Waals surface area contributed by atoms with E-state index < -0.39 is 6.04 Å². The first kappa shape index (κ1) is 32.0. The lowest BCUT2D eigenvalue weighted by atomic mass is 9.78. The van der Waals surface area contributed by atoms with Crippen molar-refractivity contribution in [3.63, 3.8) is 0 Å². The molecule has 1 aliphatic heterocycles. The highest BCUT2D eigenvalue weighted by atomic mass is 32.1. The van der Waals surface area contributed by atoms with Crippen LogP contribution in [-0.4, -0.2) is 29.7 Å². The minimum Gasteiger partial charge on any atom is -0.507 e. The number of nitrogens with zero attached hydrogens (tertiary/aromatic N) is 3. The van der Waals surface area contributed by atoms with Gasteiger partial charge < -0.3 is 15.3 Å². The second kappa shape index (κ2) is 11.8. The van der Waals surface area contributed by atoms with E-state index in [4.69, 9.17) is 4.99 Å². The van der Waals surface area contributed by atoms with E-state index in [1.807, 2.05) is 98.7 Å². The van der Waals surface area contributed by atoms with E-state index in [9.17, 15) is 14.7 Å². The molecule has 1 amide bonds. The van der Waals surface area contributed by atoms with Gasteiger partial charge in [0.2, 0.25) is 0 Å². The highest BCUT2D eigenvalue weighted by molar-refractivity contribution is 7.07. The fourth-order valence-electron chi connectivity index (χ4n) is 5.64. The molecule has 3 aromatic carbocycles. The van der Waals surface area contributed by atoms with Crippen LogP contribution >= 0.6 is 11.3 Å². The molecule has 5 rings (SSSR count). The molecule has 0 unspecified atom stereocenters. The molecule has 4 aromatic rings. The molecule has 45 heavy (non-hydrogen) atoms. The standard InChI is InChI=1S/C37H42N4O3S/c1-22-30(33(43)39-25-13-11-10-12-14-25)31(24-15-17-26(18-16-24)40(8)9)41-34(44)29(45-35(41)38-22)21-23-19-27(36(2,3)4)32(42)28(20-23)37(5,6)7/h10-21,31,42H,1-9H3,(H,39,43)/b29-21-/t31-/m1/s1. The van der Waals surface area contributed by atoms with Gasteiger partial charge in [0, 0.05) is 36.6 Å². The SMILES string of the molecule is CC1=C(C(=O)Nc2ccccc2)[C@@H](c2ccc(N(C)C)cc2)n2c(s/c(=C\c3cc(C(C)(C)C)c(O)c(C(C)(C)C)c3)c2=O)=N1. The summed E-state index contributed by atoms with van der Waals surface area (Å²) >= 11 is 1.31. The van der Waals surface area contributed by atoms with Crippen molar-refractivity contribution in [2.45, 2.75) is 65.3 Å². The van der Waals surface area contributed by atoms with Crippen molar-refractivity contribution in [3.8, 4) is 5.75 Å². The molecule has 8 heteroatoms. The summed E-state index contributed by atoms with van der Waals surface area (Å²) in [5, 5.41) is 14.2. The number of rotatable bonds is 5. The molecule has 2 N–H and O–H groups in total. The van der Waals surface area contributed by atoms with Gasteiger partial charge in [-0.25, -0.2) is 4.99 Å². The van der Waals surface area contributed by atoms with Gasteiger partial charge in [-0.3, -0.25) is 14.2 Å². The zero-order valence-corrected chi connectivity index (χ0v) is 28.3. The Morgan fingerprint density at radius 2 is 1.53 bits per heavy atom. The lowest BCUT2D eigenvalue weighted by molar-refractivity contribution is -0.113. The number of amides is 1. The number of nitrogens with one attached hydrogen (secondary N) is 1. The third-order valence-electron chi connectivity index (χ3n) is 8.07. The number of carbonyl (C=O) groups excluding carboxylic acids is 1. The van der Waals surface area contributed by atoms with Gasteiger partial charge in [0.25, 0.3) is 11.5 Å². The molecule has 0 fully saturated rings. The number of hydrogen-bond donors (Lipinski definition) is 2. The van der Waals surface area contributed by atoms with Crippen LogP contribution in [0.3, 0.4) is 0 Å². The number of fused-ring (bicyclic) bond motifs is 1. The number of aromatic hydroxyl groups is 1. The van der Waals surface area contributed by atoms with Gasteiger partial charge in [0.15, 0.2) is 4.80 Å². The van der Waals surface area contributed by atoms with E-state index in [1.54, 1.807) is 4.57 Å². The number of thiazole rings is 1. The highest BCUT2D eigenvalue weighted by Crippen LogP contribution is 2.40. The molecule has 0 saturated carbocycles. The molecular formula is C37H42N4O3S. The van der Waals surface area contributed by atoms with Crippen molar-refractivity contribution < 1.29 is 9.90 Å². The van der Waals surface area contributed by atoms with Crippen LogP contribution in [0.1, 0.15) is 76.8 Å². The van der Waals surface area contributed by atoms with E-state index in [1.165, 1.54) is 11.3 Å². The molecule has 1 aromatic heterocycles. The fourth-order valence-corrected chi connectivity index (χ4v) is 6.68. The predicted octanol–water partition coefficient (Wildman–Crippen LogP) is 6.24. The third-order valence-corrected chi connectivity index (χ3v) is 9.05. The van der Waals surface area contributed by atoms with Crippen LogP contribution in [0.15, 0.2) is 87.8 Å². The lowest BCUT2D eigenvalue weighted by Crippen LogP contribution is -2.40. The van der Waals surface area contributed by atoms with Crippen molar-refractivity contribution in [2.75, 3.05) is 24.3 Å². The van der Waals surface area contributed by atoms with Crippen molar-refractivity contribution in [1.29, 1.82) is 0 Å². The zero-order chi connectivity index (χ0) is 32.8. The summed E-state index contributed by atoms with van der Waals surface area (Å²) in [7, 11) is 3.95. The minimum atomic E-state index is -0.668. The molecule has 1 atom stereocenters. The van der Waals surface area contributed by atoms with Gasteiger partial charge in [-0.2, -0.15) is 0 Å². The Morgan fingerprint density at radius 1 is 0.956 bits per heavy atom. The molecule has 234 valence electrons. The summed E-state index contributed by atoms with van der Waals surface area (Å²) in [5.41, 5.74) is 5.12. The van der Waals surface area contributed by atoms with Gasteiger partial charge in [-0.1, -0.05) is 83.2 Å². The van der Waals surface area contributed by atoms with Crippen LogP contribution in [0.5, 0.6) is 5.75 Å². The van der Waals surface area contributed by atoms with E-state index in [-0.39, 0.29) is 22.3 Å². The zero-order valence-electron chi connectivity index (χ0n) is 27.5. The summed E-state index contributed by atoms with van der Waals surface area (Å²) in [4.78, 5) is 35.5. The predicted molar refractivity (Wildman–Crippen MR) is 185 cm³/mol. The molecule has 7 nitrogen and oxygen atoms in total. The number of phenols is 1. The molecular weight excluding hydrogens is 580 g/mol. The number of para-hydroxylation sites is 1. The van der Waals surface area contributed by atoms with Gasteiger partial charge in [-0.15, -0.1) is 0 Å². The monoisotopic (exact) mass is 622 g/mol. The minimum absolute atomic E-state index is 0.222. The average molecular weight is 623 g/mol. The summed E-state index contributed by atoms with van der Waals surface area (Å²) in [6.07, 6.45) is 1.88. The number of benzene rings is 3. The summed E-state index contributed by atoms with van der Waals surface area (Å²) in [6.45, 7) is 14.2. The number of phenolic OH excluding ortho intramolecular Hbond substituents is 1. The van der Waals surface area contributed by atoms with Crippen LogP contribution < -0.4 is 25.1 Å². The summed E-state index contributed by atoms with van der Waals surface area (Å²) < 4.78 is 2.15. The number of allylic oxidation sites excluding steroid dienone is 1. The number of carbonyl (C=O) groups is 1. The van der Waals surface area contributed by atoms with Crippen molar-refractivity contribution in [1.82, 2.24) is 4.57 Å². The number of anilines is 2. The normalized spacial score (nSPS) is 15.5. The van der Waals surface area contributed by atoms with Crippen molar-refractivity contribution >= 4 is 34.7 Å². The Morgan fingerprint density at radius 3 is 2.07 bits per heavy atom. The Labute approximate surface area is 268 Å². The van der Waals surface area contributed by atoms with Gasteiger partial charge in [0.1, 0.15) is 5.75 Å². The van der Waals surface area contributed by atoms with E-state index in [0.717, 1.165) is 27.9 Å². The maximum Gasteiger partial charge on any atom is 0.271 e. The topological polar surface area (TPSA) is 86.9 Å². The van der Waals surface area contributed by atoms with Crippen LogP contribution in [0.25, 0.3) is 6.08 Å². The first-order valence-electron chi connectivity index (χ1n) is 15.1. The highest BCUT2D eigenvalue weighted by Gasteiger charge is 2.33. The molecule has 0 spiro atoms. The fraction of sp³-hybridized carbons (Fsp3) is 0.324. The second-order valence-electron chi connectivity index (χ2n) is 13.9. The van der Waals surface area contributed by atoms with E-state index in [0.29, 0.717) is 32.0 Å². The first-order chi connectivity index (χ1) is 21.1. The van der Waals surface area contributed by atoms with Crippen LogP contribution in [0.2, 0.25) is 0 Å². The average Bonchev–Trinajstić information content (AvgIpc) is 3.26. The lowest BCUT2D eigenvalue weighted by Gasteiger charge is -2.27. The second-order valence-corrected chi connectivity index (χ2v) is 14.9. The number of aromatic nitrogens is 1. The van der Waals surface area contributed by atoms with Gasteiger partial charge in [-0.05, 0) is 71.4 Å². The summed E-state index contributed by atoms with van der Waals surface area (Å²) in [5.74, 6) is -0.0129. The third kappa shape index (κ3) is 6.38. The quantitative estimate of drug-likeness (QED) is 0.276. The maximum absolute atomic E-state index is 14.3. The van der Waals surface area contributed by atoms with Crippen LogP contribution in [0.4, 0.5) is 11.4 Å². The van der Waals surface area contributed by atoms with Crippen molar-refractivity contribution in [3.05, 3.63) is 120 Å². The summed E-state index contributed by atoms with van der Waals surface area (Å²) in [6, 6.07) is 20.5. The Balaban J connectivity index is 1.71. The van der Waals surface area contributed by atoms with E-state index in [2.05, 4.69) is 46.9 Å². The Kier molecular flexibility index (Phi) is 8.40. The molecule has 0 bridgehead atoms. The van der Waals surface area contributed by atoms with Crippen molar-refractivity contribution in [2.24, 2.45) is 4.99 Å². The molecule has 0 radical (unpaired) electrons. The maximum atomic E-state index is 14.3. The number of hydrogen-bond acceptors (Lipinski definition) is 6.